The number of hydrogen-bond donors (Lipinski definition) is 1. The van der Waals surface area contributed by atoms with E-state index >= 15 is 0 Å². The van der Waals surface area contributed by atoms with Crippen LogP contribution in [-0.4, -0.2) is 34.1 Å². The lowest BCUT2D eigenvalue weighted by molar-refractivity contribution is -0.132. The molecule has 1 amide bonds. The molecule has 8 heteroatoms. The molecule has 1 N–H and O–H groups in total. The Morgan fingerprint density at radius 2 is 1.72 bits per heavy atom. The molecule has 0 radical (unpaired) electrons. The van der Waals surface area contributed by atoms with E-state index in [1.807, 2.05) is 24.3 Å². The van der Waals surface area contributed by atoms with Gasteiger partial charge in [-0.3, -0.25) is 14.5 Å². The van der Waals surface area contributed by atoms with Crippen LogP contribution in [0.2, 0.25) is 0 Å². The number of ether oxygens (including phenoxy) is 1. The van der Waals surface area contributed by atoms with Crippen molar-refractivity contribution in [2.75, 3.05) is 12.0 Å². The average Bonchev–Trinajstić information content (AvgIpc) is 3.40. The lowest BCUT2D eigenvalue weighted by Crippen LogP contribution is -2.29. The molecule has 7 nitrogen and oxygen atoms in total. The van der Waals surface area contributed by atoms with Crippen LogP contribution in [0.4, 0.5) is 5.13 Å². The predicted molar refractivity (Wildman–Crippen MR) is 123 cm³/mol. The summed E-state index contributed by atoms with van der Waals surface area (Å²) >= 11 is 1.16. The molecule has 1 unspecified atom stereocenters. The summed E-state index contributed by atoms with van der Waals surface area (Å²) in [5, 5.41) is 19.2. The number of carbonyl (C=O) groups excluding carboxylic acids is 2. The Labute approximate surface area is 190 Å². The van der Waals surface area contributed by atoms with Gasteiger partial charge in [0.15, 0.2) is 0 Å². The van der Waals surface area contributed by atoms with E-state index in [1.165, 1.54) is 10.4 Å². The lowest BCUT2D eigenvalue weighted by Gasteiger charge is -2.24. The van der Waals surface area contributed by atoms with Crippen LogP contribution >= 0.6 is 11.3 Å². The standard InChI is InChI=1S/C24H23N3O4S/c1-24(2,3)16-9-5-14(6-10-16)19-18(20(28)15-7-11-17(31-4)12-8-15)21(29)22(30)27(19)23-26-25-13-32-23/h5-13,19,28H,1-4H3/b20-18+. The van der Waals surface area contributed by atoms with Crippen LogP contribution < -0.4 is 9.64 Å². The molecule has 32 heavy (non-hydrogen) atoms. The highest BCUT2D eigenvalue weighted by atomic mass is 32.1. The van der Waals surface area contributed by atoms with Gasteiger partial charge >= 0.3 is 5.91 Å². The molecule has 164 valence electrons. The quantitative estimate of drug-likeness (QED) is 0.359. The first-order valence-electron chi connectivity index (χ1n) is 10.0. The van der Waals surface area contributed by atoms with Crippen molar-refractivity contribution >= 4 is 33.9 Å². The number of benzene rings is 2. The Hall–Kier alpha value is -3.52. The zero-order chi connectivity index (χ0) is 23.0. The fourth-order valence-corrected chi connectivity index (χ4v) is 4.27. The van der Waals surface area contributed by atoms with E-state index < -0.39 is 17.7 Å². The highest BCUT2D eigenvalue weighted by Gasteiger charge is 2.48. The van der Waals surface area contributed by atoms with Gasteiger partial charge in [-0.05, 0) is 40.8 Å². The van der Waals surface area contributed by atoms with Gasteiger partial charge in [0.1, 0.15) is 17.0 Å². The maximum atomic E-state index is 13.1. The number of ketones is 1. The summed E-state index contributed by atoms with van der Waals surface area (Å²) in [7, 11) is 1.55. The summed E-state index contributed by atoms with van der Waals surface area (Å²) in [4.78, 5) is 27.4. The van der Waals surface area contributed by atoms with Gasteiger partial charge in [0.2, 0.25) is 5.13 Å². The van der Waals surface area contributed by atoms with Crippen LogP contribution in [0.1, 0.15) is 43.5 Å². The number of methoxy groups -OCH3 is 1. The summed E-state index contributed by atoms with van der Waals surface area (Å²) in [6.45, 7) is 6.33. The second-order valence-electron chi connectivity index (χ2n) is 8.49. The van der Waals surface area contributed by atoms with Gasteiger partial charge in [-0.2, -0.15) is 0 Å². The molecule has 3 aromatic rings. The Bertz CT molecular complexity index is 1180. The van der Waals surface area contributed by atoms with Gasteiger partial charge in [0, 0.05) is 5.56 Å². The Kier molecular flexibility index (Phi) is 5.56. The number of anilines is 1. The molecule has 0 saturated carbocycles. The summed E-state index contributed by atoms with van der Waals surface area (Å²) in [5.74, 6) is -1.15. The van der Waals surface area contributed by atoms with Crippen LogP contribution in [0.3, 0.4) is 0 Å². The highest BCUT2D eigenvalue weighted by Crippen LogP contribution is 2.43. The summed E-state index contributed by atoms with van der Waals surface area (Å²) in [6.07, 6.45) is 0. The van der Waals surface area contributed by atoms with Crippen molar-refractivity contribution in [3.8, 4) is 5.75 Å². The fourth-order valence-electron chi connectivity index (χ4n) is 3.69. The van der Waals surface area contributed by atoms with Gasteiger partial charge in [0.25, 0.3) is 5.78 Å². The van der Waals surface area contributed by atoms with Gasteiger partial charge in [-0.25, -0.2) is 0 Å². The number of Topliss-reactive ketones (excluding diaryl/α,β-unsaturated/α-hetero) is 1. The molecule has 2 aromatic carbocycles. The maximum Gasteiger partial charge on any atom is 0.301 e. The first-order valence-corrected chi connectivity index (χ1v) is 10.9. The topological polar surface area (TPSA) is 92.6 Å². The summed E-state index contributed by atoms with van der Waals surface area (Å²) < 4.78 is 5.17. The van der Waals surface area contributed by atoms with Crippen molar-refractivity contribution in [1.82, 2.24) is 10.2 Å². The molecule has 1 aromatic heterocycles. The largest absolute Gasteiger partial charge is 0.507 e. The molecule has 1 atom stereocenters. The molecular weight excluding hydrogens is 426 g/mol. The van der Waals surface area contributed by atoms with Crippen molar-refractivity contribution < 1.29 is 19.4 Å². The first-order chi connectivity index (χ1) is 15.2. The number of carbonyl (C=O) groups is 2. The van der Waals surface area contributed by atoms with Crippen LogP contribution in [0.15, 0.2) is 59.6 Å². The normalized spacial score (nSPS) is 18.2. The van der Waals surface area contributed by atoms with Gasteiger partial charge in [-0.15, -0.1) is 10.2 Å². The second kappa shape index (κ2) is 8.20. The van der Waals surface area contributed by atoms with Crippen LogP contribution in [0.25, 0.3) is 5.76 Å². The number of amides is 1. The maximum absolute atomic E-state index is 13.1. The molecular formula is C24H23N3O4S. The smallest absolute Gasteiger partial charge is 0.301 e. The van der Waals surface area contributed by atoms with E-state index in [4.69, 9.17) is 4.74 Å². The molecule has 1 fully saturated rings. The molecule has 0 bridgehead atoms. The minimum absolute atomic E-state index is 0.0128. The van der Waals surface area contributed by atoms with E-state index in [1.54, 1.807) is 31.4 Å². The van der Waals surface area contributed by atoms with Crippen molar-refractivity contribution in [3.05, 3.63) is 76.3 Å². The van der Waals surface area contributed by atoms with E-state index in [0.717, 1.165) is 16.9 Å². The molecule has 4 rings (SSSR count). The van der Waals surface area contributed by atoms with Gasteiger partial charge in [-0.1, -0.05) is 56.4 Å². The Morgan fingerprint density at radius 3 is 2.25 bits per heavy atom. The molecule has 0 aliphatic carbocycles. The second-order valence-corrected chi connectivity index (χ2v) is 9.30. The average molecular weight is 450 g/mol. The third-order valence-corrected chi connectivity index (χ3v) is 6.14. The Morgan fingerprint density at radius 1 is 1.06 bits per heavy atom. The van der Waals surface area contributed by atoms with Crippen molar-refractivity contribution in [2.24, 2.45) is 0 Å². The van der Waals surface area contributed by atoms with Crippen molar-refractivity contribution in [2.45, 2.75) is 32.2 Å². The first kappa shape index (κ1) is 21.7. The van der Waals surface area contributed by atoms with E-state index in [2.05, 4.69) is 31.0 Å². The van der Waals surface area contributed by atoms with Crippen LogP contribution in [-0.2, 0) is 15.0 Å². The number of aromatic nitrogens is 2. The van der Waals surface area contributed by atoms with E-state index in [9.17, 15) is 14.7 Å². The van der Waals surface area contributed by atoms with Crippen molar-refractivity contribution in [1.29, 1.82) is 0 Å². The molecule has 1 saturated heterocycles. The highest BCUT2D eigenvalue weighted by molar-refractivity contribution is 7.13. The third kappa shape index (κ3) is 3.78. The summed E-state index contributed by atoms with van der Waals surface area (Å²) in [5.41, 5.74) is 3.68. The SMILES string of the molecule is COc1ccc(/C(O)=C2\C(=O)C(=O)N(c3nncs3)C2c2ccc(C(C)(C)C)cc2)cc1. The van der Waals surface area contributed by atoms with Crippen LogP contribution in [0, 0.1) is 0 Å². The molecule has 1 aliphatic heterocycles. The molecule has 1 aliphatic rings. The predicted octanol–water partition coefficient (Wildman–Crippen LogP) is 4.47. The summed E-state index contributed by atoms with van der Waals surface area (Å²) in [6, 6.07) is 13.6. The number of hydrogen-bond acceptors (Lipinski definition) is 7. The van der Waals surface area contributed by atoms with Gasteiger partial charge in [0.05, 0.1) is 18.7 Å². The minimum atomic E-state index is -0.820. The minimum Gasteiger partial charge on any atom is -0.507 e. The van der Waals surface area contributed by atoms with Gasteiger partial charge < -0.3 is 9.84 Å². The zero-order valence-corrected chi connectivity index (χ0v) is 19.0. The monoisotopic (exact) mass is 449 g/mol. The number of aliphatic hydroxyl groups excluding tert-OH is 1. The number of aliphatic hydroxyl groups is 1. The third-order valence-electron chi connectivity index (χ3n) is 5.45. The zero-order valence-electron chi connectivity index (χ0n) is 18.2. The molecule has 2 heterocycles. The van der Waals surface area contributed by atoms with E-state index in [-0.39, 0.29) is 16.7 Å². The van der Waals surface area contributed by atoms with Crippen molar-refractivity contribution in [3.63, 3.8) is 0 Å². The number of nitrogens with zero attached hydrogens (tertiary/aromatic N) is 3. The fraction of sp³-hybridized carbons (Fsp3) is 0.250. The Balaban J connectivity index is 1.88. The number of rotatable bonds is 4. The van der Waals surface area contributed by atoms with E-state index in [0.29, 0.717) is 22.0 Å². The molecule has 0 spiro atoms. The lowest BCUT2D eigenvalue weighted by atomic mass is 9.85. The van der Waals surface area contributed by atoms with Crippen LogP contribution in [0.5, 0.6) is 5.75 Å².